The first-order valence-electron chi connectivity index (χ1n) is 10.0. The van der Waals surface area contributed by atoms with E-state index in [1.807, 2.05) is 63.2 Å². The number of benzene rings is 2. The van der Waals surface area contributed by atoms with Crippen molar-refractivity contribution in [2.75, 3.05) is 20.7 Å². The van der Waals surface area contributed by atoms with Crippen LogP contribution in [0.5, 0.6) is 11.5 Å². The standard InChI is InChI=1S/C23H32N4O3/c1-16(2)30-21-12-17(3)6-9-19(21)14-26-23(24-4)27-15-22(28)25-13-18-7-10-20(29-5)11-8-18/h6-12,16H,13-15H2,1-5H3,(H,25,28)(H2,24,26,27). The summed E-state index contributed by atoms with van der Waals surface area (Å²) in [5.74, 6) is 2.07. The lowest BCUT2D eigenvalue weighted by atomic mass is 10.1. The summed E-state index contributed by atoms with van der Waals surface area (Å²) in [5, 5.41) is 9.14. The molecule has 0 aromatic heterocycles. The third kappa shape index (κ3) is 7.66. The number of aryl methyl sites for hydroxylation is 1. The normalized spacial score (nSPS) is 11.2. The molecule has 0 bridgehead atoms. The fourth-order valence-electron chi connectivity index (χ4n) is 2.74. The van der Waals surface area contributed by atoms with Crippen molar-refractivity contribution in [3.8, 4) is 11.5 Å². The lowest BCUT2D eigenvalue weighted by molar-refractivity contribution is -0.120. The first kappa shape index (κ1) is 23.1. The fraction of sp³-hybridized carbons (Fsp3) is 0.391. The zero-order chi connectivity index (χ0) is 21.9. The molecule has 30 heavy (non-hydrogen) atoms. The number of nitrogens with one attached hydrogen (secondary N) is 3. The van der Waals surface area contributed by atoms with Gasteiger partial charge in [-0.25, -0.2) is 0 Å². The summed E-state index contributed by atoms with van der Waals surface area (Å²) in [5.41, 5.74) is 3.18. The highest BCUT2D eigenvalue weighted by Gasteiger charge is 2.08. The third-order valence-electron chi connectivity index (χ3n) is 4.32. The van der Waals surface area contributed by atoms with Crippen molar-refractivity contribution < 1.29 is 14.3 Å². The van der Waals surface area contributed by atoms with Gasteiger partial charge < -0.3 is 25.4 Å². The van der Waals surface area contributed by atoms with Gasteiger partial charge in [-0.15, -0.1) is 0 Å². The molecule has 3 N–H and O–H groups in total. The van der Waals surface area contributed by atoms with E-state index in [1.165, 1.54) is 0 Å². The largest absolute Gasteiger partial charge is 0.497 e. The van der Waals surface area contributed by atoms with E-state index in [4.69, 9.17) is 9.47 Å². The Morgan fingerprint density at radius 3 is 2.40 bits per heavy atom. The molecule has 7 nitrogen and oxygen atoms in total. The van der Waals surface area contributed by atoms with Crippen LogP contribution in [-0.2, 0) is 17.9 Å². The number of amides is 1. The topological polar surface area (TPSA) is 84.0 Å². The molecule has 0 aliphatic heterocycles. The minimum Gasteiger partial charge on any atom is -0.497 e. The van der Waals surface area contributed by atoms with Crippen LogP contribution in [0.2, 0.25) is 0 Å². The first-order chi connectivity index (χ1) is 14.4. The Bertz CT molecular complexity index is 848. The Kier molecular flexibility index (Phi) is 9.00. The predicted molar refractivity (Wildman–Crippen MR) is 120 cm³/mol. The van der Waals surface area contributed by atoms with Gasteiger partial charge in [0, 0.05) is 25.7 Å². The van der Waals surface area contributed by atoms with Crippen molar-refractivity contribution in [3.63, 3.8) is 0 Å². The number of carbonyl (C=O) groups is 1. The second-order valence-corrected chi connectivity index (χ2v) is 7.18. The van der Waals surface area contributed by atoms with E-state index in [0.29, 0.717) is 19.0 Å². The van der Waals surface area contributed by atoms with Crippen molar-refractivity contribution in [2.45, 2.75) is 40.0 Å². The van der Waals surface area contributed by atoms with Crippen molar-refractivity contribution in [3.05, 3.63) is 59.2 Å². The minimum absolute atomic E-state index is 0.0948. The van der Waals surface area contributed by atoms with E-state index >= 15 is 0 Å². The lowest BCUT2D eigenvalue weighted by Gasteiger charge is -2.17. The molecule has 0 aliphatic carbocycles. The van der Waals surface area contributed by atoms with Crippen LogP contribution in [0.1, 0.15) is 30.5 Å². The van der Waals surface area contributed by atoms with Gasteiger partial charge in [0.1, 0.15) is 11.5 Å². The van der Waals surface area contributed by atoms with E-state index in [-0.39, 0.29) is 18.6 Å². The molecule has 0 radical (unpaired) electrons. The van der Waals surface area contributed by atoms with Crippen LogP contribution >= 0.6 is 0 Å². The average Bonchev–Trinajstić information content (AvgIpc) is 2.73. The predicted octanol–water partition coefficient (Wildman–Crippen LogP) is 2.77. The maximum atomic E-state index is 12.1. The number of aliphatic imine (C=N–C) groups is 1. The second kappa shape index (κ2) is 11.7. The highest BCUT2D eigenvalue weighted by molar-refractivity contribution is 5.86. The average molecular weight is 413 g/mol. The van der Waals surface area contributed by atoms with Crippen LogP contribution in [0, 0.1) is 6.92 Å². The molecule has 2 rings (SSSR count). The van der Waals surface area contributed by atoms with E-state index in [9.17, 15) is 4.79 Å². The Morgan fingerprint density at radius 1 is 1.03 bits per heavy atom. The smallest absolute Gasteiger partial charge is 0.239 e. The number of hydrogen-bond acceptors (Lipinski definition) is 4. The van der Waals surface area contributed by atoms with Crippen LogP contribution in [0.4, 0.5) is 0 Å². The molecule has 0 unspecified atom stereocenters. The van der Waals surface area contributed by atoms with Gasteiger partial charge in [0.25, 0.3) is 0 Å². The second-order valence-electron chi connectivity index (χ2n) is 7.18. The zero-order valence-electron chi connectivity index (χ0n) is 18.4. The van der Waals surface area contributed by atoms with Crippen LogP contribution in [0.25, 0.3) is 0 Å². The molecule has 162 valence electrons. The summed E-state index contributed by atoms with van der Waals surface area (Å²) in [4.78, 5) is 16.3. The Balaban J connectivity index is 1.81. The molecule has 2 aromatic rings. The molecule has 0 heterocycles. The molecule has 1 amide bonds. The molecule has 0 saturated carbocycles. The molecule has 0 fully saturated rings. The van der Waals surface area contributed by atoms with E-state index in [1.54, 1.807) is 14.2 Å². The lowest BCUT2D eigenvalue weighted by Crippen LogP contribution is -2.42. The first-order valence-corrected chi connectivity index (χ1v) is 10.0. The van der Waals surface area contributed by atoms with Crippen molar-refractivity contribution in [1.29, 1.82) is 0 Å². The number of rotatable bonds is 9. The Morgan fingerprint density at radius 2 is 1.77 bits per heavy atom. The molecule has 0 aliphatic rings. The van der Waals surface area contributed by atoms with Gasteiger partial charge >= 0.3 is 0 Å². The van der Waals surface area contributed by atoms with Gasteiger partial charge in [0.2, 0.25) is 5.91 Å². The van der Waals surface area contributed by atoms with Crippen LogP contribution < -0.4 is 25.4 Å². The number of guanidine groups is 1. The molecular weight excluding hydrogens is 380 g/mol. The molecule has 0 atom stereocenters. The molecule has 0 spiro atoms. The number of carbonyl (C=O) groups excluding carboxylic acids is 1. The summed E-state index contributed by atoms with van der Waals surface area (Å²) in [7, 11) is 3.30. The third-order valence-corrected chi connectivity index (χ3v) is 4.32. The summed E-state index contributed by atoms with van der Waals surface area (Å²) in [6.45, 7) is 7.16. The van der Waals surface area contributed by atoms with E-state index in [0.717, 1.165) is 28.2 Å². The number of nitrogens with zero attached hydrogens (tertiary/aromatic N) is 1. The minimum atomic E-state index is -0.118. The molecule has 7 heteroatoms. The highest BCUT2D eigenvalue weighted by Crippen LogP contribution is 2.21. The fourth-order valence-corrected chi connectivity index (χ4v) is 2.74. The van der Waals surface area contributed by atoms with E-state index < -0.39 is 0 Å². The van der Waals surface area contributed by atoms with Gasteiger partial charge in [0.15, 0.2) is 5.96 Å². The summed E-state index contributed by atoms with van der Waals surface area (Å²) in [6, 6.07) is 13.7. The zero-order valence-corrected chi connectivity index (χ0v) is 18.4. The van der Waals surface area contributed by atoms with Crippen molar-refractivity contribution in [2.24, 2.45) is 4.99 Å². The van der Waals surface area contributed by atoms with Crippen LogP contribution in [-0.4, -0.2) is 38.7 Å². The summed E-state index contributed by atoms with van der Waals surface area (Å²) >= 11 is 0. The number of hydrogen-bond donors (Lipinski definition) is 3. The quantitative estimate of drug-likeness (QED) is 0.436. The maximum absolute atomic E-state index is 12.1. The molecule has 0 saturated heterocycles. The summed E-state index contributed by atoms with van der Waals surface area (Å²) in [6.07, 6.45) is 0.0948. The van der Waals surface area contributed by atoms with Crippen LogP contribution in [0.3, 0.4) is 0 Å². The SMILES string of the molecule is CN=C(NCC(=O)NCc1ccc(OC)cc1)NCc1ccc(C)cc1OC(C)C. The van der Waals surface area contributed by atoms with Gasteiger partial charge in [-0.1, -0.05) is 24.3 Å². The van der Waals surface area contributed by atoms with Crippen molar-refractivity contribution in [1.82, 2.24) is 16.0 Å². The monoisotopic (exact) mass is 412 g/mol. The highest BCUT2D eigenvalue weighted by atomic mass is 16.5. The summed E-state index contributed by atoms with van der Waals surface area (Å²) < 4.78 is 11.0. The number of methoxy groups -OCH3 is 1. The van der Waals surface area contributed by atoms with Gasteiger partial charge in [0.05, 0.1) is 19.8 Å². The Hall–Kier alpha value is -3.22. The van der Waals surface area contributed by atoms with Gasteiger partial charge in [-0.3, -0.25) is 9.79 Å². The van der Waals surface area contributed by atoms with Gasteiger partial charge in [-0.2, -0.15) is 0 Å². The molecule has 2 aromatic carbocycles. The van der Waals surface area contributed by atoms with Crippen molar-refractivity contribution >= 4 is 11.9 Å². The maximum Gasteiger partial charge on any atom is 0.239 e. The Labute approximate surface area is 178 Å². The van der Waals surface area contributed by atoms with Gasteiger partial charge in [-0.05, 0) is 50.1 Å². The van der Waals surface area contributed by atoms with E-state index in [2.05, 4.69) is 20.9 Å². The molecular formula is C23H32N4O3. The van der Waals surface area contributed by atoms with Crippen LogP contribution in [0.15, 0.2) is 47.5 Å². The number of ether oxygens (including phenoxy) is 2.